The Hall–Kier alpha value is -6.54. The highest BCUT2D eigenvalue weighted by molar-refractivity contribution is 7.04. The van der Waals surface area contributed by atoms with Gasteiger partial charge in [-0.15, -0.1) is 0 Å². The fourth-order valence-electron chi connectivity index (χ4n) is 9.52. The number of fused-ring (bicyclic) bond motifs is 7. The molecule has 11 rings (SSSR count). The average molecular weight is 715 g/mol. The van der Waals surface area contributed by atoms with Crippen LogP contribution in [0.3, 0.4) is 0 Å². The monoisotopic (exact) mass is 714 g/mol. The van der Waals surface area contributed by atoms with Gasteiger partial charge in [0.2, 0.25) is 0 Å². The molecule has 1 aliphatic rings. The van der Waals surface area contributed by atoms with Gasteiger partial charge in [-0.3, -0.25) is 0 Å². The molecule has 10 aromatic rings. The third-order valence-corrected chi connectivity index (χ3v) is 15.8. The Morgan fingerprint density at radius 2 is 0.873 bits per heavy atom. The first kappa shape index (κ1) is 31.9. The van der Waals surface area contributed by atoms with E-state index in [1.165, 1.54) is 109 Å². The summed E-state index contributed by atoms with van der Waals surface area (Å²) in [5.74, 6) is 0. The Morgan fingerprint density at radius 1 is 0.273 bits per heavy atom. The van der Waals surface area contributed by atoms with E-state index < -0.39 is 8.07 Å². The van der Waals surface area contributed by atoms with Crippen molar-refractivity contribution in [3.63, 3.8) is 0 Å². The van der Waals surface area contributed by atoms with E-state index in [-0.39, 0.29) is 0 Å². The molecule has 0 bridgehead atoms. The average Bonchev–Trinajstić information content (AvgIpc) is 3.46. The maximum absolute atomic E-state index is 2.60. The molecule has 0 fully saturated rings. The van der Waals surface area contributed by atoms with Crippen molar-refractivity contribution in [2.24, 2.45) is 0 Å². The lowest BCUT2D eigenvalue weighted by molar-refractivity contribution is 1.62. The first-order valence-electron chi connectivity index (χ1n) is 19.3. The topological polar surface area (TPSA) is 0 Å². The van der Waals surface area contributed by atoms with E-state index >= 15 is 0 Å². The minimum atomic E-state index is -1.96. The molecule has 0 unspecified atom stereocenters. The molecule has 0 radical (unpaired) electrons. The first-order valence-corrected chi connectivity index (χ1v) is 22.3. The van der Waals surface area contributed by atoms with Crippen molar-refractivity contribution in [3.05, 3.63) is 194 Å². The Kier molecular flexibility index (Phi) is 7.11. The maximum Gasteiger partial charge on any atom is 0.113 e. The highest BCUT2D eigenvalue weighted by Crippen LogP contribution is 2.47. The molecule has 1 aliphatic heterocycles. The van der Waals surface area contributed by atoms with E-state index in [0.29, 0.717) is 0 Å². The number of hydrogen-bond donors (Lipinski definition) is 0. The van der Waals surface area contributed by atoms with Gasteiger partial charge in [-0.05, 0) is 133 Å². The third-order valence-electron chi connectivity index (χ3n) is 12.2. The standard InChI is InChI=1S/C54H38Si/c1-55(2)51-25-11-10-23-45(51)47-33-49-50(34-52(47)55)53(37-16-4-3-5-17-37)48-32-40(39-27-26-35-14-6-7-18-38(35)30-39)28-29-46(48)54(49)42-21-12-20-41(31-42)44-24-13-19-36-15-8-9-22-43(36)44/h3-34H,1-2H3. The van der Waals surface area contributed by atoms with Crippen molar-refractivity contribution in [3.8, 4) is 55.6 Å². The molecule has 1 heteroatoms. The van der Waals surface area contributed by atoms with Gasteiger partial charge in [0.1, 0.15) is 8.07 Å². The molecule has 0 spiro atoms. The molecule has 0 aliphatic carbocycles. The van der Waals surface area contributed by atoms with Gasteiger partial charge in [0.05, 0.1) is 0 Å². The second-order valence-electron chi connectivity index (χ2n) is 15.7. The van der Waals surface area contributed by atoms with Crippen LogP contribution < -0.4 is 10.4 Å². The van der Waals surface area contributed by atoms with Crippen molar-refractivity contribution < 1.29 is 0 Å². The van der Waals surface area contributed by atoms with E-state index in [1.807, 2.05) is 0 Å². The van der Waals surface area contributed by atoms with Crippen LogP contribution >= 0.6 is 0 Å². The number of rotatable bonds is 4. The SMILES string of the molecule is C[Si]1(C)c2ccccc2-c2cc3c(-c4cccc(-c5cccc6ccccc56)c4)c4ccc(-c5ccc6ccccc6c5)cc4c(-c4ccccc4)c3cc21. The van der Waals surface area contributed by atoms with Crippen LogP contribution in [0.1, 0.15) is 0 Å². The summed E-state index contributed by atoms with van der Waals surface area (Å²) in [5, 5.41) is 13.3. The minimum Gasteiger partial charge on any atom is -0.0623 e. The van der Waals surface area contributed by atoms with E-state index in [1.54, 1.807) is 0 Å². The van der Waals surface area contributed by atoms with Crippen LogP contribution in [0, 0.1) is 0 Å². The zero-order chi connectivity index (χ0) is 36.7. The molecule has 0 amide bonds. The molecule has 1 heterocycles. The van der Waals surface area contributed by atoms with Crippen molar-refractivity contribution in [1.29, 1.82) is 0 Å². The van der Waals surface area contributed by atoms with Gasteiger partial charge in [0.25, 0.3) is 0 Å². The largest absolute Gasteiger partial charge is 0.113 e. The third kappa shape index (κ3) is 4.97. The Balaban J connectivity index is 1.26. The van der Waals surface area contributed by atoms with Crippen LogP contribution in [0.4, 0.5) is 0 Å². The smallest absolute Gasteiger partial charge is 0.0623 e. The predicted molar refractivity (Wildman–Crippen MR) is 240 cm³/mol. The molecule has 0 saturated heterocycles. The molecule has 0 saturated carbocycles. The van der Waals surface area contributed by atoms with Gasteiger partial charge in [-0.1, -0.05) is 183 Å². The summed E-state index contributed by atoms with van der Waals surface area (Å²) in [6.07, 6.45) is 0. The zero-order valence-electron chi connectivity index (χ0n) is 31.0. The lowest BCUT2D eigenvalue weighted by Gasteiger charge is -2.23. The van der Waals surface area contributed by atoms with Gasteiger partial charge in [-0.25, -0.2) is 0 Å². The van der Waals surface area contributed by atoms with E-state index in [0.717, 1.165) is 0 Å². The summed E-state index contributed by atoms with van der Waals surface area (Å²) in [7, 11) is -1.96. The molecule has 258 valence electrons. The summed E-state index contributed by atoms with van der Waals surface area (Å²) in [5.41, 5.74) is 12.9. The van der Waals surface area contributed by atoms with Crippen LogP contribution in [0.5, 0.6) is 0 Å². The Labute approximate surface area is 323 Å². The minimum absolute atomic E-state index is 1.23. The number of benzene rings is 10. The van der Waals surface area contributed by atoms with E-state index in [2.05, 4.69) is 207 Å². The van der Waals surface area contributed by atoms with Crippen LogP contribution in [0.2, 0.25) is 13.1 Å². The molecular formula is C54H38Si. The Bertz CT molecular complexity index is 3160. The summed E-state index contributed by atoms with van der Waals surface area (Å²) >= 11 is 0. The predicted octanol–water partition coefficient (Wildman–Crippen LogP) is 13.8. The molecular weight excluding hydrogens is 677 g/mol. The van der Waals surface area contributed by atoms with E-state index in [4.69, 9.17) is 0 Å². The molecule has 0 aromatic heterocycles. The van der Waals surface area contributed by atoms with E-state index in [9.17, 15) is 0 Å². The summed E-state index contributed by atoms with van der Waals surface area (Å²) in [4.78, 5) is 0. The van der Waals surface area contributed by atoms with Gasteiger partial charge >= 0.3 is 0 Å². The summed E-state index contributed by atoms with van der Waals surface area (Å²) in [6, 6.07) is 72.8. The Morgan fingerprint density at radius 3 is 1.76 bits per heavy atom. The van der Waals surface area contributed by atoms with Crippen LogP contribution in [-0.2, 0) is 0 Å². The summed E-state index contributed by atoms with van der Waals surface area (Å²) in [6.45, 7) is 5.05. The van der Waals surface area contributed by atoms with Crippen LogP contribution in [0.25, 0.3) is 98.7 Å². The highest BCUT2D eigenvalue weighted by Gasteiger charge is 2.38. The summed E-state index contributed by atoms with van der Waals surface area (Å²) < 4.78 is 0. The fraction of sp³-hybridized carbons (Fsp3) is 0.0370. The van der Waals surface area contributed by atoms with Crippen molar-refractivity contribution in [2.45, 2.75) is 13.1 Å². The van der Waals surface area contributed by atoms with Crippen molar-refractivity contribution >= 4 is 61.5 Å². The van der Waals surface area contributed by atoms with Crippen molar-refractivity contribution in [1.82, 2.24) is 0 Å². The first-order chi connectivity index (χ1) is 27.0. The fourth-order valence-corrected chi connectivity index (χ4v) is 12.6. The maximum atomic E-state index is 2.60. The highest BCUT2D eigenvalue weighted by atomic mass is 28.3. The zero-order valence-corrected chi connectivity index (χ0v) is 32.0. The second kappa shape index (κ2) is 12.2. The van der Waals surface area contributed by atoms with Crippen molar-refractivity contribution in [2.75, 3.05) is 0 Å². The lowest BCUT2D eigenvalue weighted by atomic mass is 9.83. The normalized spacial score (nSPS) is 13.1. The van der Waals surface area contributed by atoms with Gasteiger partial charge in [0, 0.05) is 0 Å². The van der Waals surface area contributed by atoms with Gasteiger partial charge in [-0.2, -0.15) is 0 Å². The van der Waals surface area contributed by atoms with Crippen LogP contribution in [-0.4, -0.2) is 8.07 Å². The lowest BCUT2D eigenvalue weighted by Crippen LogP contribution is -2.49. The number of hydrogen-bond acceptors (Lipinski definition) is 0. The molecule has 10 aromatic carbocycles. The molecule has 0 N–H and O–H groups in total. The van der Waals surface area contributed by atoms with Gasteiger partial charge < -0.3 is 0 Å². The molecule has 55 heavy (non-hydrogen) atoms. The van der Waals surface area contributed by atoms with Gasteiger partial charge in [0.15, 0.2) is 0 Å². The quantitative estimate of drug-likeness (QED) is 0.126. The molecule has 0 nitrogen and oxygen atoms in total. The van der Waals surface area contributed by atoms with Crippen LogP contribution in [0.15, 0.2) is 194 Å². The molecule has 0 atom stereocenters. The second-order valence-corrected chi connectivity index (χ2v) is 20.0.